The van der Waals surface area contributed by atoms with Crippen LogP contribution in [0.4, 0.5) is 0 Å². The van der Waals surface area contributed by atoms with Crippen LogP contribution in [-0.2, 0) is 11.2 Å². The number of nitrogens with one attached hydrogen (secondary N) is 2. The van der Waals surface area contributed by atoms with Gasteiger partial charge in [0.2, 0.25) is 0 Å². The molecule has 2 rings (SSSR count). The van der Waals surface area contributed by atoms with Crippen molar-refractivity contribution in [3.05, 3.63) is 34.9 Å². The van der Waals surface area contributed by atoms with E-state index in [-0.39, 0.29) is 0 Å². The topological polar surface area (TPSA) is 45.6 Å². The van der Waals surface area contributed by atoms with Gasteiger partial charge in [0.25, 0.3) is 0 Å². The van der Waals surface area contributed by atoms with Crippen LogP contribution in [0.1, 0.15) is 31.2 Å². The van der Waals surface area contributed by atoms with E-state index in [4.69, 9.17) is 28.6 Å². The van der Waals surface area contributed by atoms with Crippen LogP contribution < -0.4 is 10.7 Å². The quantitative estimate of drug-likeness (QED) is 0.638. The van der Waals surface area contributed by atoms with Crippen molar-refractivity contribution in [2.24, 2.45) is 5.10 Å². The number of hydrogen-bond donors (Lipinski definition) is 2. The van der Waals surface area contributed by atoms with Gasteiger partial charge in [-0.25, -0.2) is 0 Å². The average molecular weight is 340 g/mol. The van der Waals surface area contributed by atoms with Crippen molar-refractivity contribution in [3.63, 3.8) is 0 Å². The maximum absolute atomic E-state index is 5.86. The molecule has 22 heavy (non-hydrogen) atoms. The van der Waals surface area contributed by atoms with Crippen molar-refractivity contribution in [2.75, 3.05) is 13.7 Å². The maximum Gasteiger partial charge on any atom is 0.186 e. The van der Waals surface area contributed by atoms with Gasteiger partial charge in [-0.15, -0.1) is 0 Å². The lowest BCUT2D eigenvalue weighted by Crippen LogP contribution is -2.34. The molecule has 0 aromatic heterocycles. The molecule has 1 atom stereocenters. The zero-order valence-electron chi connectivity index (χ0n) is 12.8. The number of benzene rings is 1. The molecule has 6 heteroatoms. The highest BCUT2D eigenvalue weighted by Crippen LogP contribution is 2.17. The fraction of sp³-hybridized carbons (Fsp3) is 0.500. The molecule has 1 aliphatic carbocycles. The number of methoxy groups -OCH3 is 1. The third kappa shape index (κ3) is 5.91. The lowest BCUT2D eigenvalue weighted by atomic mass is 9.96. The zero-order valence-corrected chi connectivity index (χ0v) is 14.3. The minimum absolute atomic E-state index is 0.292. The van der Waals surface area contributed by atoms with E-state index in [2.05, 4.69) is 15.8 Å². The standard InChI is InChI=1S/C16H22ClN3OS/c1-21-15-4-2-3-14(11-15)19-20-16(22)18-10-9-12-5-7-13(17)8-6-12/h5-8,15H,2-4,9-11H2,1H3,(H2,18,20,22)/b19-14+. The van der Waals surface area contributed by atoms with E-state index in [0.29, 0.717) is 11.2 Å². The molecule has 1 saturated carbocycles. The third-order valence-corrected chi connectivity index (χ3v) is 4.20. The molecule has 1 aliphatic rings. The fourth-order valence-corrected chi connectivity index (χ4v) is 2.72. The lowest BCUT2D eigenvalue weighted by molar-refractivity contribution is 0.0942. The Bertz CT molecular complexity index is 519. The first kappa shape index (κ1) is 17.2. The van der Waals surface area contributed by atoms with Gasteiger partial charge < -0.3 is 10.1 Å². The third-order valence-electron chi connectivity index (χ3n) is 3.72. The van der Waals surface area contributed by atoms with Crippen LogP contribution in [0, 0.1) is 0 Å². The Morgan fingerprint density at radius 1 is 1.41 bits per heavy atom. The van der Waals surface area contributed by atoms with Gasteiger partial charge in [-0.3, -0.25) is 5.43 Å². The van der Waals surface area contributed by atoms with Crippen LogP contribution in [0.15, 0.2) is 29.4 Å². The summed E-state index contributed by atoms with van der Waals surface area (Å²) in [7, 11) is 1.75. The largest absolute Gasteiger partial charge is 0.381 e. The number of ether oxygens (including phenoxy) is 1. The summed E-state index contributed by atoms with van der Waals surface area (Å²) in [6, 6.07) is 7.84. The normalized spacial score (nSPS) is 19.9. The van der Waals surface area contributed by atoms with Crippen LogP contribution in [0.5, 0.6) is 0 Å². The molecule has 120 valence electrons. The van der Waals surface area contributed by atoms with E-state index in [1.165, 1.54) is 5.56 Å². The summed E-state index contributed by atoms with van der Waals surface area (Å²) < 4.78 is 5.38. The number of thiocarbonyl (C=S) groups is 1. The maximum atomic E-state index is 5.86. The van der Waals surface area contributed by atoms with Crippen molar-refractivity contribution in [2.45, 2.75) is 38.2 Å². The first-order valence-corrected chi connectivity index (χ1v) is 8.32. The summed E-state index contributed by atoms with van der Waals surface area (Å²) in [5, 5.41) is 8.86. The van der Waals surface area contributed by atoms with Gasteiger partial charge in [0.05, 0.1) is 6.10 Å². The molecule has 1 fully saturated rings. The monoisotopic (exact) mass is 339 g/mol. The van der Waals surface area contributed by atoms with Crippen molar-refractivity contribution in [3.8, 4) is 0 Å². The summed E-state index contributed by atoms with van der Waals surface area (Å²) in [4.78, 5) is 0. The second-order valence-electron chi connectivity index (χ2n) is 5.38. The Kier molecular flexibility index (Phi) is 7.09. The van der Waals surface area contributed by atoms with E-state index < -0.39 is 0 Å². The summed E-state index contributed by atoms with van der Waals surface area (Å²) in [6.45, 7) is 0.763. The molecular weight excluding hydrogens is 318 g/mol. The highest BCUT2D eigenvalue weighted by atomic mass is 35.5. The molecule has 4 nitrogen and oxygen atoms in total. The number of hydrazone groups is 1. The Morgan fingerprint density at radius 2 is 2.18 bits per heavy atom. The van der Waals surface area contributed by atoms with Crippen LogP contribution in [0.3, 0.4) is 0 Å². The highest BCUT2D eigenvalue weighted by molar-refractivity contribution is 7.80. The number of hydrogen-bond acceptors (Lipinski definition) is 3. The Labute approximate surface area is 142 Å². The lowest BCUT2D eigenvalue weighted by Gasteiger charge is -2.21. The Balaban J connectivity index is 1.68. The van der Waals surface area contributed by atoms with Crippen LogP contribution in [0.25, 0.3) is 0 Å². The van der Waals surface area contributed by atoms with Gasteiger partial charge in [0.1, 0.15) is 0 Å². The second-order valence-corrected chi connectivity index (χ2v) is 6.22. The van der Waals surface area contributed by atoms with E-state index in [1.54, 1.807) is 7.11 Å². The van der Waals surface area contributed by atoms with Crippen LogP contribution in [0.2, 0.25) is 5.02 Å². The average Bonchev–Trinajstić information content (AvgIpc) is 2.55. The summed E-state index contributed by atoms with van der Waals surface area (Å²) in [5.41, 5.74) is 5.27. The second kappa shape index (κ2) is 9.08. The molecule has 0 heterocycles. The molecule has 2 N–H and O–H groups in total. The van der Waals surface area contributed by atoms with Gasteiger partial charge in [0.15, 0.2) is 5.11 Å². The van der Waals surface area contributed by atoms with E-state index in [9.17, 15) is 0 Å². The number of halogens is 1. The summed E-state index contributed by atoms with van der Waals surface area (Å²) >= 11 is 11.1. The van der Waals surface area contributed by atoms with Crippen molar-refractivity contribution in [1.29, 1.82) is 0 Å². The molecule has 1 unspecified atom stereocenters. The predicted molar refractivity (Wildman–Crippen MR) is 95.6 cm³/mol. The van der Waals surface area contributed by atoms with Crippen molar-refractivity contribution in [1.82, 2.24) is 10.7 Å². The number of nitrogens with zero attached hydrogens (tertiary/aromatic N) is 1. The van der Waals surface area contributed by atoms with E-state index >= 15 is 0 Å². The first-order chi connectivity index (χ1) is 10.7. The van der Waals surface area contributed by atoms with Gasteiger partial charge >= 0.3 is 0 Å². The molecule has 0 bridgehead atoms. The molecule has 0 spiro atoms. The van der Waals surface area contributed by atoms with Gasteiger partial charge in [-0.2, -0.15) is 5.10 Å². The molecule has 0 aliphatic heterocycles. The first-order valence-electron chi connectivity index (χ1n) is 7.54. The van der Waals surface area contributed by atoms with Gasteiger partial charge in [0, 0.05) is 30.8 Å². The SMILES string of the molecule is COC1CCC/C(=N\NC(=S)NCCc2ccc(Cl)cc2)C1. The molecule has 0 radical (unpaired) electrons. The Hall–Kier alpha value is -1.17. The summed E-state index contributed by atoms with van der Waals surface area (Å²) in [6.07, 6.45) is 5.31. The summed E-state index contributed by atoms with van der Waals surface area (Å²) in [5.74, 6) is 0. The molecule has 1 aromatic carbocycles. The predicted octanol–water partition coefficient (Wildman–Crippen LogP) is 3.29. The van der Waals surface area contributed by atoms with Crippen LogP contribution >= 0.6 is 23.8 Å². The van der Waals surface area contributed by atoms with E-state index in [0.717, 1.165) is 49.4 Å². The van der Waals surface area contributed by atoms with Crippen LogP contribution in [-0.4, -0.2) is 30.6 Å². The zero-order chi connectivity index (χ0) is 15.8. The fourth-order valence-electron chi connectivity index (χ4n) is 2.44. The Morgan fingerprint density at radius 3 is 2.91 bits per heavy atom. The highest BCUT2D eigenvalue weighted by Gasteiger charge is 2.17. The minimum atomic E-state index is 0.292. The molecule has 1 aromatic rings. The van der Waals surface area contributed by atoms with Crippen molar-refractivity contribution < 1.29 is 4.74 Å². The molecule has 0 saturated heterocycles. The smallest absolute Gasteiger partial charge is 0.186 e. The van der Waals surface area contributed by atoms with Crippen molar-refractivity contribution >= 4 is 34.6 Å². The minimum Gasteiger partial charge on any atom is -0.381 e. The van der Waals surface area contributed by atoms with E-state index in [1.807, 2.05) is 24.3 Å². The molecular formula is C16H22ClN3OS. The molecule has 0 amide bonds. The van der Waals surface area contributed by atoms with Gasteiger partial charge in [-0.1, -0.05) is 23.7 Å². The number of rotatable bonds is 5. The van der Waals surface area contributed by atoms with Gasteiger partial charge in [-0.05, 0) is 55.6 Å².